The molecular weight excluding hydrogens is 444 g/mol. The Kier molecular flexibility index (Phi) is 6.22. The Labute approximate surface area is 213 Å². The number of nitrogens with one attached hydrogen (secondary N) is 1. The number of aromatic nitrogens is 2. The standard InChI is InChI=1S/C31H34N4O/c1-22-13-15-23(16-14-22)21-35-29-12-5-4-10-28(29)33-31(35)34-19-17-25(18-20-34)30(36)32-27-11-6-8-24-7-2-3-9-26(24)27/h2-5,7,9-10,12-16,25,27H,6,8,11,17-21H2,1H3,(H,32,36)/t27-/m0/s1. The van der Waals surface area contributed by atoms with E-state index < -0.39 is 0 Å². The summed E-state index contributed by atoms with van der Waals surface area (Å²) in [6, 6.07) is 25.8. The van der Waals surface area contributed by atoms with Crippen LogP contribution in [0.25, 0.3) is 11.0 Å². The Hall–Kier alpha value is -3.60. The third-order valence-electron chi connectivity index (χ3n) is 7.93. The van der Waals surface area contributed by atoms with Crippen LogP contribution in [0.3, 0.4) is 0 Å². The molecule has 1 aliphatic carbocycles. The molecule has 0 bridgehead atoms. The van der Waals surface area contributed by atoms with Gasteiger partial charge in [-0.1, -0.05) is 66.2 Å². The van der Waals surface area contributed by atoms with Crippen LogP contribution in [-0.4, -0.2) is 28.5 Å². The molecule has 3 aromatic carbocycles. The zero-order chi connectivity index (χ0) is 24.5. The number of para-hydroxylation sites is 2. The van der Waals surface area contributed by atoms with Crippen LogP contribution in [0.15, 0.2) is 72.8 Å². The summed E-state index contributed by atoms with van der Waals surface area (Å²) >= 11 is 0. The molecule has 5 nitrogen and oxygen atoms in total. The summed E-state index contributed by atoms with van der Waals surface area (Å²) < 4.78 is 2.33. The minimum atomic E-state index is 0.0604. The molecule has 6 rings (SSSR count). The number of nitrogens with zero attached hydrogens (tertiary/aromatic N) is 3. The minimum absolute atomic E-state index is 0.0604. The first-order valence-corrected chi connectivity index (χ1v) is 13.3. The first-order chi connectivity index (χ1) is 17.7. The van der Waals surface area contributed by atoms with E-state index in [9.17, 15) is 4.79 Å². The molecule has 1 atom stereocenters. The second-order valence-corrected chi connectivity index (χ2v) is 10.4. The molecule has 184 valence electrons. The van der Waals surface area contributed by atoms with E-state index >= 15 is 0 Å². The van der Waals surface area contributed by atoms with Gasteiger partial charge in [-0.25, -0.2) is 4.98 Å². The van der Waals surface area contributed by atoms with Crippen LogP contribution < -0.4 is 10.2 Å². The van der Waals surface area contributed by atoms with Crippen LogP contribution in [0.2, 0.25) is 0 Å². The lowest BCUT2D eigenvalue weighted by Crippen LogP contribution is -2.42. The van der Waals surface area contributed by atoms with Gasteiger partial charge < -0.3 is 14.8 Å². The highest BCUT2D eigenvalue weighted by atomic mass is 16.2. The number of anilines is 1. The number of imidazole rings is 1. The lowest BCUT2D eigenvalue weighted by atomic mass is 9.87. The summed E-state index contributed by atoms with van der Waals surface area (Å²) in [6.45, 7) is 4.60. The highest BCUT2D eigenvalue weighted by Gasteiger charge is 2.30. The molecule has 1 aromatic heterocycles. The number of hydrogen-bond acceptors (Lipinski definition) is 3. The van der Waals surface area contributed by atoms with Gasteiger partial charge in [0.05, 0.1) is 23.6 Å². The molecule has 36 heavy (non-hydrogen) atoms. The fourth-order valence-corrected chi connectivity index (χ4v) is 5.87. The normalized spacial score (nSPS) is 18.2. The van der Waals surface area contributed by atoms with Gasteiger partial charge >= 0.3 is 0 Å². The van der Waals surface area contributed by atoms with E-state index in [0.717, 1.165) is 68.7 Å². The van der Waals surface area contributed by atoms with E-state index in [0.29, 0.717) is 0 Å². The zero-order valence-electron chi connectivity index (χ0n) is 21.0. The fourth-order valence-electron chi connectivity index (χ4n) is 5.87. The van der Waals surface area contributed by atoms with Gasteiger partial charge in [-0.3, -0.25) is 4.79 Å². The lowest BCUT2D eigenvalue weighted by Gasteiger charge is -2.34. The maximum absolute atomic E-state index is 13.2. The van der Waals surface area contributed by atoms with Crippen LogP contribution >= 0.6 is 0 Å². The van der Waals surface area contributed by atoms with Gasteiger partial charge in [0.1, 0.15) is 0 Å². The van der Waals surface area contributed by atoms with E-state index in [1.807, 2.05) is 0 Å². The molecule has 5 heteroatoms. The van der Waals surface area contributed by atoms with E-state index in [2.05, 4.69) is 94.5 Å². The molecule has 1 saturated heterocycles. The maximum atomic E-state index is 13.2. The molecule has 0 spiro atoms. The quantitative estimate of drug-likeness (QED) is 0.394. The van der Waals surface area contributed by atoms with Gasteiger partial charge in [-0.05, 0) is 67.9 Å². The Morgan fingerprint density at radius 1 is 0.944 bits per heavy atom. The maximum Gasteiger partial charge on any atom is 0.223 e. The van der Waals surface area contributed by atoms with Crippen molar-refractivity contribution in [2.45, 2.75) is 51.6 Å². The van der Waals surface area contributed by atoms with E-state index in [1.165, 1.54) is 22.3 Å². The van der Waals surface area contributed by atoms with Crippen molar-refractivity contribution in [3.8, 4) is 0 Å². The summed E-state index contributed by atoms with van der Waals surface area (Å²) in [5, 5.41) is 3.39. The molecule has 1 amide bonds. The third-order valence-corrected chi connectivity index (χ3v) is 7.93. The second-order valence-electron chi connectivity index (χ2n) is 10.4. The van der Waals surface area contributed by atoms with Crippen LogP contribution in [0.1, 0.15) is 54.0 Å². The summed E-state index contributed by atoms with van der Waals surface area (Å²) in [5.41, 5.74) is 7.41. The van der Waals surface area contributed by atoms with Crippen molar-refractivity contribution in [3.05, 3.63) is 95.1 Å². The molecule has 4 aromatic rings. The van der Waals surface area contributed by atoms with Gasteiger partial charge in [0, 0.05) is 19.0 Å². The summed E-state index contributed by atoms with van der Waals surface area (Å²) in [6.07, 6.45) is 4.99. The minimum Gasteiger partial charge on any atom is -0.349 e. The predicted molar refractivity (Wildman–Crippen MR) is 145 cm³/mol. The Balaban J connectivity index is 1.16. The molecular formula is C31H34N4O. The van der Waals surface area contributed by atoms with E-state index in [4.69, 9.17) is 4.98 Å². The first kappa shape index (κ1) is 22.8. The Morgan fingerprint density at radius 2 is 1.69 bits per heavy atom. The van der Waals surface area contributed by atoms with Crippen molar-refractivity contribution < 1.29 is 4.79 Å². The number of hydrogen-bond donors (Lipinski definition) is 1. The lowest BCUT2D eigenvalue weighted by molar-refractivity contribution is -0.126. The van der Waals surface area contributed by atoms with Gasteiger partial charge in [0.15, 0.2) is 0 Å². The molecule has 1 fully saturated rings. The van der Waals surface area contributed by atoms with Crippen molar-refractivity contribution in [2.75, 3.05) is 18.0 Å². The van der Waals surface area contributed by atoms with Crippen molar-refractivity contribution in [1.82, 2.24) is 14.9 Å². The average molecular weight is 479 g/mol. The number of amides is 1. The molecule has 0 unspecified atom stereocenters. The van der Waals surface area contributed by atoms with Crippen molar-refractivity contribution >= 4 is 22.9 Å². The molecule has 0 saturated carbocycles. The SMILES string of the molecule is Cc1ccc(Cn2c(N3CCC(C(=O)N[C@H]4CCCc5ccccc54)CC3)nc3ccccc32)cc1. The van der Waals surface area contributed by atoms with Gasteiger partial charge in [-0.2, -0.15) is 0 Å². The number of rotatable bonds is 5. The topological polar surface area (TPSA) is 50.2 Å². The van der Waals surface area contributed by atoms with Crippen LogP contribution in [0.4, 0.5) is 5.95 Å². The van der Waals surface area contributed by atoms with Gasteiger partial charge in [-0.15, -0.1) is 0 Å². The Morgan fingerprint density at radius 3 is 2.53 bits per heavy atom. The van der Waals surface area contributed by atoms with Gasteiger partial charge in [0.2, 0.25) is 11.9 Å². The smallest absolute Gasteiger partial charge is 0.223 e. The van der Waals surface area contributed by atoms with Crippen LogP contribution in [0, 0.1) is 12.8 Å². The van der Waals surface area contributed by atoms with Crippen molar-refractivity contribution in [1.29, 1.82) is 0 Å². The molecule has 1 aliphatic heterocycles. The molecule has 2 aliphatic rings. The molecule has 1 N–H and O–H groups in total. The molecule has 0 radical (unpaired) electrons. The number of carbonyl (C=O) groups is 1. The van der Waals surface area contributed by atoms with Crippen molar-refractivity contribution in [3.63, 3.8) is 0 Å². The fraction of sp³-hybridized carbons (Fsp3) is 0.355. The highest BCUT2D eigenvalue weighted by Crippen LogP contribution is 2.31. The monoisotopic (exact) mass is 478 g/mol. The number of carbonyl (C=O) groups excluding carboxylic acids is 1. The van der Waals surface area contributed by atoms with Crippen LogP contribution in [0.5, 0.6) is 0 Å². The number of piperidine rings is 1. The average Bonchev–Trinajstić information content (AvgIpc) is 3.28. The van der Waals surface area contributed by atoms with E-state index in [-0.39, 0.29) is 17.9 Å². The zero-order valence-corrected chi connectivity index (χ0v) is 21.0. The van der Waals surface area contributed by atoms with Crippen molar-refractivity contribution in [2.24, 2.45) is 5.92 Å². The number of fused-ring (bicyclic) bond motifs is 2. The van der Waals surface area contributed by atoms with Crippen LogP contribution in [-0.2, 0) is 17.8 Å². The number of benzene rings is 3. The summed E-state index contributed by atoms with van der Waals surface area (Å²) in [4.78, 5) is 20.6. The Bertz CT molecular complexity index is 1370. The molecule has 2 heterocycles. The largest absolute Gasteiger partial charge is 0.349 e. The third kappa shape index (κ3) is 4.50. The second kappa shape index (κ2) is 9.81. The highest BCUT2D eigenvalue weighted by molar-refractivity contribution is 5.80. The van der Waals surface area contributed by atoms with E-state index in [1.54, 1.807) is 0 Å². The predicted octanol–water partition coefficient (Wildman–Crippen LogP) is 5.80. The summed E-state index contributed by atoms with van der Waals surface area (Å²) in [7, 11) is 0. The first-order valence-electron chi connectivity index (χ1n) is 13.3. The van der Waals surface area contributed by atoms with Gasteiger partial charge in [0.25, 0.3) is 0 Å². The summed E-state index contributed by atoms with van der Waals surface area (Å²) in [5.74, 6) is 1.28. The number of aryl methyl sites for hydroxylation is 2.